The van der Waals surface area contributed by atoms with Gasteiger partial charge in [0.1, 0.15) is 0 Å². The molecule has 1 saturated carbocycles. The zero-order valence-electron chi connectivity index (χ0n) is 6.14. The van der Waals surface area contributed by atoms with Crippen LogP contribution < -0.4 is 5.32 Å². The van der Waals surface area contributed by atoms with E-state index in [1.807, 2.05) is 0 Å². The van der Waals surface area contributed by atoms with Gasteiger partial charge in [0.15, 0.2) is 0 Å². The monoisotopic (exact) mass is 142 g/mol. The highest BCUT2D eigenvalue weighted by atomic mass is 16.5. The second-order valence-electron chi connectivity index (χ2n) is 2.43. The summed E-state index contributed by atoms with van der Waals surface area (Å²) in [6, 6.07) is 1.12. The molecular formula is C7H12NO2. The SMILES string of the molecule is COC(=O)N[C]1CCCC1. The van der Waals surface area contributed by atoms with Gasteiger partial charge in [0.2, 0.25) is 0 Å². The summed E-state index contributed by atoms with van der Waals surface area (Å²) in [6.45, 7) is 0. The minimum Gasteiger partial charge on any atom is -0.453 e. The Hall–Kier alpha value is -0.730. The van der Waals surface area contributed by atoms with Gasteiger partial charge in [0.05, 0.1) is 13.2 Å². The molecule has 3 nitrogen and oxygen atoms in total. The van der Waals surface area contributed by atoms with Crippen LogP contribution >= 0.6 is 0 Å². The lowest BCUT2D eigenvalue weighted by molar-refractivity contribution is 0.171. The average Bonchev–Trinajstić information content (AvgIpc) is 2.40. The van der Waals surface area contributed by atoms with Crippen molar-refractivity contribution in [3.05, 3.63) is 6.04 Å². The quantitative estimate of drug-likeness (QED) is 0.601. The average molecular weight is 142 g/mol. The molecule has 1 aliphatic carbocycles. The third-order valence-corrected chi connectivity index (χ3v) is 1.67. The number of methoxy groups -OCH3 is 1. The first-order valence-electron chi connectivity index (χ1n) is 3.52. The fourth-order valence-electron chi connectivity index (χ4n) is 1.12. The molecule has 1 aliphatic rings. The van der Waals surface area contributed by atoms with E-state index in [1.54, 1.807) is 0 Å². The maximum atomic E-state index is 10.6. The summed E-state index contributed by atoms with van der Waals surface area (Å²) in [4.78, 5) is 10.6. The molecule has 0 heterocycles. The van der Waals surface area contributed by atoms with Gasteiger partial charge in [-0.3, -0.25) is 0 Å². The van der Waals surface area contributed by atoms with Crippen molar-refractivity contribution in [2.45, 2.75) is 25.7 Å². The highest BCUT2D eigenvalue weighted by Crippen LogP contribution is 2.23. The molecule has 0 atom stereocenters. The van der Waals surface area contributed by atoms with Crippen LogP contribution in [0.4, 0.5) is 4.79 Å². The number of alkyl carbamates (subject to hydrolysis) is 1. The number of hydrogen-bond acceptors (Lipinski definition) is 2. The second-order valence-corrected chi connectivity index (χ2v) is 2.43. The molecule has 0 aliphatic heterocycles. The van der Waals surface area contributed by atoms with Gasteiger partial charge < -0.3 is 10.1 Å². The summed E-state index contributed by atoms with van der Waals surface area (Å²) in [5.74, 6) is 0. The van der Waals surface area contributed by atoms with Crippen LogP contribution in [0.5, 0.6) is 0 Å². The molecule has 3 heteroatoms. The van der Waals surface area contributed by atoms with Gasteiger partial charge in [-0.15, -0.1) is 0 Å². The number of nitrogens with one attached hydrogen (secondary N) is 1. The Morgan fingerprint density at radius 2 is 2.10 bits per heavy atom. The number of ether oxygens (including phenoxy) is 1. The predicted octanol–water partition coefficient (Wildman–Crippen LogP) is 1.45. The van der Waals surface area contributed by atoms with Crippen molar-refractivity contribution in [3.8, 4) is 0 Å². The Morgan fingerprint density at radius 3 is 2.60 bits per heavy atom. The minimum absolute atomic E-state index is 0.336. The zero-order chi connectivity index (χ0) is 7.40. The van der Waals surface area contributed by atoms with Crippen LogP contribution in [0.25, 0.3) is 0 Å². The van der Waals surface area contributed by atoms with E-state index in [2.05, 4.69) is 10.1 Å². The molecular weight excluding hydrogens is 130 g/mol. The summed E-state index contributed by atoms with van der Waals surface area (Å²) in [6.07, 6.45) is 4.10. The Kier molecular flexibility index (Phi) is 2.54. The Labute approximate surface area is 60.7 Å². The van der Waals surface area contributed by atoms with E-state index < -0.39 is 0 Å². The zero-order valence-corrected chi connectivity index (χ0v) is 6.14. The minimum atomic E-state index is -0.336. The Balaban J connectivity index is 2.17. The van der Waals surface area contributed by atoms with Crippen molar-refractivity contribution in [2.75, 3.05) is 7.11 Å². The van der Waals surface area contributed by atoms with Crippen LogP contribution in [-0.2, 0) is 4.74 Å². The van der Waals surface area contributed by atoms with Gasteiger partial charge in [-0.2, -0.15) is 0 Å². The molecule has 0 aromatic heterocycles. The van der Waals surface area contributed by atoms with E-state index >= 15 is 0 Å². The predicted molar refractivity (Wildman–Crippen MR) is 37.3 cm³/mol. The number of carbonyl (C=O) groups is 1. The van der Waals surface area contributed by atoms with Crippen LogP contribution in [0.2, 0.25) is 0 Å². The maximum absolute atomic E-state index is 10.6. The highest BCUT2D eigenvalue weighted by molar-refractivity contribution is 5.68. The van der Waals surface area contributed by atoms with Gasteiger partial charge in [0.25, 0.3) is 0 Å². The molecule has 0 aromatic carbocycles. The first-order chi connectivity index (χ1) is 4.83. The van der Waals surface area contributed by atoms with Crippen molar-refractivity contribution in [1.29, 1.82) is 0 Å². The summed E-state index contributed by atoms with van der Waals surface area (Å²) in [7, 11) is 1.38. The Morgan fingerprint density at radius 1 is 1.50 bits per heavy atom. The lowest BCUT2D eigenvalue weighted by atomic mass is 10.3. The lowest BCUT2D eigenvalue weighted by Crippen LogP contribution is -2.26. The van der Waals surface area contributed by atoms with Crippen molar-refractivity contribution in [3.63, 3.8) is 0 Å². The number of amides is 1. The summed E-state index contributed by atoms with van der Waals surface area (Å²) in [5, 5.41) is 2.68. The molecule has 0 saturated heterocycles. The van der Waals surface area contributed by atoms with Gasteiger partial charge >= 0.3 is 6.09 Å². The highest BCUT2D eigenvalue weighted by Gasteiger charge is 2.17. The fourth-order valence-corrected chi connectivity index (χ4v) is 1.12. The number of hydrogen-bond donors (Lipinski definition) is 1. The second kappa shape index (κ2) is 3.44. The molecule has 1 radical (unpaired) electrons. The van der Waals surface area contributed by atoms with Crippen LogP contribution in [0.1, 0.15) is 25.7 Å². The van der Waals surface area contributed by atoms with E-state index in [4.69, 9.17) is 0 Å². The van der Waals surface area contributed by atoms with Crippen LogP contribution in [0.15, 0.2) is 0 Å². The molecule has 0 aromatic rings. The standard InChI is InChI=1S/C7H12NO2/c1-10-7(9)8-6-4-2-3-5-6/h2-5H2,1H3,(H,8,9). The van der Waals surface area contributed by atoms with Crippen LogP contribution in [-0.4, -0.2) is 13.2 Å². The maximum Gasteiger partial charge on any atom is 0.407 e. The summed E-state index contributed by atoms with van der Waals surface area (Å²) in [5.41, 5.74) is 0. The molecule has 1 N–H and O–H groups in total. The third kappa shape index (κ3) is 1.90. The van der Waals surface area contributed by atoms with Gasteiger partial charge in [-0.25, -0.2) is 4.79 Å². The lowest BCUT2D eigenvalue weighted by Gasteiger charge is -2.07. The number of carbonyl (C=O) groups excluding carboxylic acids is 1. The van der Waals surface area contributed by atoms with Crippen molar-refractivity contribution in [2.24, 2.45) is 0 Å². The summed E-state index contributed by atoms with van der Waals surface area (Å²) >= 11 is 0. The molecule has 1 amide bonds. The molecule has 1 rings (SSSR count). The van der Waals surface area contributed by atoms with Crippen molar-refractivity contribution < 1.29 is 9.53 Å². The van der Waals surface area contributed by atoms with Crippen molar-refractivity contribution >= 4 is 6.09 Å². The van der Waals surface area contributed by atoms with Gasteiger partial charge in [-0.1, -0.05) is 12.8 Å². The third-order valence-electron chi connectivity index (χ3n) is 1.67. The first-order valence-corrected chi connectivity index (χ1v) is 3.52. The number of rotatable bonds is 1. The van der Waals surface area contributed by atoms with Gasteiger partial charge in [0, 0.05) is 0 Å². The molecule has 10 heavy (non-hydrogen) atoms. The molecule has 1 fully saturated rings. The van der Waals surface area contributed by atoms with E-state index in [9.17, 15) is 4.79 Å². The van der Waals surface area contributed by atoms with Crippen molar-refractivity contribution in [1.82, 2.24) is 5.32 Å². The van der Waals surface area contributed by atoms with E-state index in [-0.39, 0.29) is 6.09 Å². The van der Waals surface area contributed by atoms with E-state index in [0.29, 0.717) is 0 Å². The molecule has 0 spiro atoms. The molecule has 57 valence electrons. The smallest absolute Gasteiger partial charge is 0.407 e. The summed E-state index contributed by atoms with van der Waals surface area (Å²) < 4.78 is 4.44. The van der Waals surface area contributed by atoms with Gasteiger partial charge in [-0.05, 0) is 12.8 Å². The van der Waals surface area contributed by atoms with Crippen LogP contribution in [0.3, 0.4) is 0 Å². The normalized spacial score (nSPS) is 18.9. The molecule has 0 unspecified atom stereocenters. The Bertz CT molecular complexity index is 119. The van der Waals surface area contributed by atoms with Crippen LogP contribution in [0, 0.1) is 6.04 Å². The van der Waals surface area contributed by atoms with E-state index in [0.717, 1.165) is 18.9 Å². The largest absolute Gasteiger partial charge is 0.453 e. The fraction of sp³-hybridized carbons (Fsp3) is 0.714. The molecule has 0 bridgehead atoms. The first kappa shape index (κ1) is 7.38. The van der Waals surface area contributed by atoms with E-state index in [1.165, 1.54) is 20.0 Å². The topological polar surface area (TPSA) is 38.3 Å².